The Balaban J connectivity index is 3.64. The molecule has 0 saturated carbocycles. The van der Waals surface area contributed by atoms with Crippen molar-refractivity contribution in [3.8, 4) is 0 Å². The Kier molecular flexibility index (Phi) is 4.86. The lowest BCUT2D eigenvalue weighted by atomic mass is 10.1. The maximum Gasteiger partial charge on any atom is 0.308 e. The van der Waals surface area contributed by atoms with Gasteiger partial charge >= 0.3 is 5.97 Å². The van der Waals surface area contributed by atoms with E-state index in [2.05, 4.69) is 0 Å². The first kappa shape index (κ1) is 10.4. The number of carbonyl (C=O) groups is 1. The zero-order valence-electron chi connectivity index (χ0n) is 7.33. The standard InChI is InChI=1S/C8H16O3/c1-6(2)11-8(10)7(3)4-5-9/h6-7,9H,4-5H2,1-3H3/t7-/m1/s1. The lowest BCUT2D eigenvalue weighted by molar-refractivity contribution is -0.152. The number of aliphatic hydroxyl groups is 1. The molecule has 0 aliphatic heterocycles. The lowest BCUT2D eigenvalue weighted by Gasteiger charge is -2.12. The van der Waals surface area contributed by atoms with Crippen molar-refractivity contribution < 1.29 is 14.6 Å². The molecule has 0 bridgehead atoms. The van der Waals surface area contributed by atoms with Gasteiger partial charge in [0.05, 0.1) is 12.0 Å². The highest BCUT2D eigenvalue weighted by Crippen LogP contribution is 2.05. The zero-order valence-corrected chi connectivity index (χ0v) is 7.33. The van der Waals surface area contributed by atoms with E-state index in [9.17, 15) is 4.79 Å². The molecule has 0 amide bonds. The first-order valence-corrected chi connectivity index (χ1v) is 3.89. The monoisotopic (exact) mass is 160 g/mol. The largest absolute Gasteiger partial charge is 0.463 e. The summed E-state index contributed by atoms with van der Waals surface area (Å²) in [6.45, 7) is 5.41. The summed E-state index contributed by atoms with van der Waals surface area (Å²) >= 11 is 0. The summed E-state index contributed by atoms with van der Waals surface area (Å²) in [5, 5.41) is 8.51. The molecule has 0 aromatic rings. The van der Waals surface area contributed by atoms with Gasteiger partial charge in [0.25, 0.3) is 0 Å². The third-order valence-electron chi connectivity index (χ3n) is 1.32. The fourth-order valence-corrected chi connectivity index (χ4v) is 0.660. The predicted molar refractivity (Wildman–Crippen MR) is 42.1 cm³/mol. The van der Waals surface area contributed by atoms with Crippen molar-refractivity contribution in [1.29, 1.82) is 0 Å². The van der Waals surface area contributed by atoms with Crippen molar-refractivity contribution in [2.45, 2.75) is 33.3 Å². The van der Waals surface area contributed by atoms with Crippen LogP contribution >= 0.6 is 0 Å². The van der Waals surface area contributed by atoms with Crippen molar-refractivity contribution in [1.82, 2.24) is 0 Å². The predicted octanol–water partition coefficient (Wildman–Crippen LogP) is 0.956. The highest BCUT2D eigenvalue weighted by molar-refractivity contribution is 5.72. The van der Waals surface area contributed by atoms with Gasteiger partial charge in [-0.05, 0) is 20.3 Å². The SMILES string of the molecule is CC(C)OC(=O)[C@H](C)CCO. The minimum atomic E-state index is -0.228. The molecule has 0 saturated heterocycles. The van der Waals surface area contributed by atoms with Crippen molar-refractivity contribution in [2.24, 2.45) is 5.92 Å². The van der Waals surface area contributed by atoms with Crippen LogP contribution < -0.4 is 0 Å². The molecule has 3 nitrogen and oxygen atoms in total. The zero-order chi connectivity index (χ0) is 8.85. The molecular formula is C8H16O3. The van der Waals surface area contributed by atoms with Gasteiger partial charge in [-0.2, -0.15) is 0 Å². The number of esters is 1. The molecule has 0 heterocycles. The second-order valence-corrected chi connectivity index (χ2v) is 2.90. The van der Waals surface area contributed by atoms with E-state index in [4.69, 9.17) is 9.84 Å². The summed E-state index contributed by atoms with van der Waals surface area (Å²) in [7, 11) is 0. The summed E-state index contributed by atoms with van der Waals surface area (Å²) in [5.74, 6) is -0.420. The van der Waals surface area contributed by atoms with E-state index >= 15 is 0 Å². The van der Waals surface area contributed by atoms with Crippen LogP contribution in [0.3, 0.4) is 0 Å². The molecule has 0 rings (SSSR count). The number of rotatable bonds is 4. The summed E-state index contributed by atoms with van der Waals surface area (Å²) in [6.07, 6.45) is 0.412. The summed E-state index contributed by atoms with van der Waals surface area (Å²) < 4.78 is 4.91. The lowest BCUT2D eigenvalue weighted by Crippen LogP contribution is -2.19. The van der Waals surface area contributed by atoms with Gasteiger partial charge in [0.15, 0.2) is 0 Å². The van der Waals surface area contributed by atoms with Crippen LogP contribution in [0.5, 0.6) is 0 Å². The second kappa shape index (κ2) is 5.13. The third-order valence-corrected chi connectivity index (χ3v) is 1.32. The van der Waals surface area contributed by atoms with Gasteiger partial charge < -0.3 is 9.84 Å². The molecule has 66 valence electrons. The van der Waals surface area contributed by atoms with E-state index < -0.39 is 0 Å². The van der Waals surface area contributed by atoms with Crippen LogP contribution in [0.1, 0.15) is 27.2 Å². The fraction of sp³-hybridized carbons (Fsp3) is 0.875. The molecule has 0 aliphatic rings. The van der Waals surface area contributed by atoms with Crippen LogP contribution in [0.25, 0.3) is 0 Å². The molecule has 0 aliphatic carbocycles. The molecule has 0 fully saturated rings. The van der Waals surface area contributed by atoms with E-state index in [0.29, 0.717) is 6.42 Å². The maximum atomic E-state index is 11.0. The van der Waals surface area contributed by atoms with Crippen molar-refractivity contribution in [3.63, 3.8) is 0 Å². The van der Waals surface area contributed by atoms with Gasteiger partial charge in [0.1, 0.15) is 0 Å². The quantitative estimate of drug-likeness (QED) is 0.623. The summed E-state index contributed by atoms with van der Waals surface area (Å²) in [6, 6.07) is 0. The van der Waals surface area contributed by atoms with Crippen molar-refractivity contribution >= 4 is 5.97 Å². The molecule has 3 heteroatoms. The molecule has 0 aromatic heterocycles. The molecule has 0 radical (unpaired) electrons. The minimum absolute atomic E-state index is 0.0361. The number of aliphatic hydroxyl groups excluding tert-OH is 1. The van der Waals surface area contributed by atoms with E-state index in [0.717, 1.165) is 0 Å². The van der Waals surface area contributed by atoms with Gasteiger partial charge in [-0.15, -0.1) is 0 Å². The maximum absolute atomic E-state index is 11.0. The van der Waals surface area contributed by atoms with E-state index in [-0.39, 0.29) is 24.6 Å². The molecular weight excluding hydrogens is 144 g/mol. The Hall–Kier alpha value is -0.570. The third kappa shape index (κ3) is 4.79. The molecule has 11 heavy (non-hydrogen) atoms. The van der Waals surface area contributed by atoms with E-state index in [1.807, 2.05) is 13.8 Å². The Morgan fingerprint density at radius 3 is 2.36 bits per heavy atom. The molecule has 0 unspecified atom stereocenters. The van der Waals surface area contributed by atoms with Crippen LogP contribution in [-0.2, 0) is 9.53 Å². The Bertz CT molecular complexity index is 121. The van der Waals surface area contributed by atoms with Gasteiger partial charge in [-0.25, -0.2) is 0 Å². The fourth-order valence-electron chi connectivity index (χ4n) is 0.660. The Labute approximate surface area is 67.4 Å². The Morgan fingerprint density at radius 2 is 2.00 bits per heavy atom. The number of hydrogen-bond donors (Lipinski definition) is 1. The molecule has 0 spiro atoms. The first-order valence-electron chi connectivity index (χ1n) is 3.89. The van der Waals surface area contributed by atoms with Crippen LogP contribution in [0.15, 0.2) is 0 Å². The average Bonchev–Trinajstić information content (AvgIpc) is 1.86. The van der Waals surface area contributed by atoms with Crippen LogP contribution in [0.4, 0.5) is 0 Å². The average molecular weight is 160 g/mol. The molecule has 1 N–H and O–H groups in total. The van der Waals surface area contributed by atoms with Crippen LogP contribution in [0.2, 0.25) is 0 Å². The smallest absolute Gasteiger partial charge is 0.308 e. The van der Waals surface area contributed by atoms with Crippen molar-refractivity contribution in [2.75, 3.05) is 6.61 Å². The number of carbonyl (C=O) groups excluding carboxylic acids is 1. The van der Waals surface area contributed by atoms with Gasteiger partial charge in [0.2, 0.25) is 0 Å². The van der Waals surface area contributed by atoms with Crippen LogP contribution in [0, 0.1) is 5.92 Å². The first-order chi connectivity index (χ1) is 5.07. The normalized spacial score (nSPS) is 13.2. The highest BCUT2D eigenvalue weighted by Gasteiger charge is 2.14. The highest BCUT2D eigenvalue weighted by atomic mass is 16.5. The minimum Gasteiger partial charge on any atom is -0.463 e. The van der Waals surface area contributed by atoms with Gasteiger partial charge in [0, 0.05) is 6.61 Å². The van der Waals surface area contributed by atoms with Gasteiger partial charge in [-0.1, -0.05) is 6.92 Å². The summed E-state index contributed by atoms with van der Waals surface area (Å²) in [5.41, 5.74) is 0. The Morgan fingerprint density at radius 1 is 1.45 bits per heavy atom. The number of ether oxygens (including phenoxy) is 1. The number of hydrogen-bond acceptors (Lipinski definition) is 3. The van der Waals surface area contributed by atoms with Crippen LogP contribution in [-0.4, -0.2) is 23.8 Å². The summed E-state index contributed by atoms with van der Waals surface area (Å²) in [4.78, 5) is 11.0. The molecule has 1 atom stereocenters. The second-order valence-electron chi connectivity index (χ2n) is 2.90. The van der Waals surface area contributed by atoms with Gasteiger partial charge in [-0.3, -0.25) is 4.79 Å². The van der Waals surface area contributed by atoms with E-state index in [1.54, 1.807) is 6.92 Å². The molecule has 0 aromatic carbocycles. The van der Waals surface area contributed by atoms with E-state index in [1.165, 1.54) is 0 Å². The topological polar surface area (TPSA) is 46.5 Å². The van der Waals surface area contributed by atoms with Crippen molar-refractivity contribution in [3.05, 3.63) is 0 Å².